The van der Waals surface area contributed by atoms with E-state index < -0.39 is 18.5 Å². The van der Waals surface area contributed by atoms with Crippen LogP contribution in [0.2, 0.25) is 10.0 Å². The lowest BCUT2D eigenvalue weighted by molar-refractivity contribution is -0.124. The number of rotatable bonds is 9. The lowest BCUT2D eigenvalue weighted by atomic mass is 10.2. The zero-order valence-corrected chi connectivity index (χ0v) is 16.2. The molecule has 0 heterocycles. The van der Waals surface area contributed by atoms with Crippen molar-refractivity contribution in [1.82, 2.24) is 5.32 Å². The van der Waals surface area contributed by atoms with E-state index in [1.54, 1.807) is 30.3 Å². The lowest BCUT2D eigenvalue weighted by Gasteiger charge is -2.09. The largest absolute Gasteiger partial charge is 0.494 e. The summed E-state index contributed by atoms with van der Waals surface area (Å²) in [7, 11) is 0. The van der Waals surface area contributed by atoms with Crippen molar-refractivity contribution in [3.63, 3.8) is 0 Å². The molecule has 27 heavy (non-hydrogen) atoms. The van der Waals surface area contributed by atoms with E-state index in [1.807, 2.05) is 6.92 Å². The summed E-state index contributed by atoms with van der Waals surface area (Å²) in [5, 5.41) is 3.14. The topological polar surface area (TPSA) is 73.9 Å². The molecule has 0 saturated carbocycles. The molecule has 0 radical (unpaired) electrons. The van der Waals surface area contributed by atoms with Crippen molar-refractivity contribution >= 4 is 35.1 Å². The van der Waals surface area contributed by atoms with Crippen LogP contribution in [0.15, 0.2) is 42.5 Å². The van der Waals surface area contributed by atoms with Gasteiger partial charge < -0.3 is 19.5 Å². The minimum atomic E-state index is -0.719. The minimum absolute atomic E-state index is 0.107. The molecule has 0 saturated heterocycles. The molecule has 2 rings (SSSR count). The smallest absolute Gasteiger partial charge is 0.340 e. The molecule has 1 amide bonds. The van der Waals surface area contributed by atoms with Gasteiger partial charge in [-0.25, -0.2) is 4.79 Å². The maximum Gasteiger partial charge on any atom is 0.340 e. The van der Waals surface area contributed by atoms with Crippen LogP contribution in [-0.2, 0) is 9.53 Å². The van der Waals surface area contributed by atoms with Gasteiger partial charge in [0.25, 0.3) is 5.91 Å². The van der Waals surface area contributed by atoms with Gasteiger partial charge >= 0.3 is 5.97 Å². The standard InChI is InChI=1S/C19H19Cl2NO5/c1-2-25-14-4-6-15(7-5-14)26-10-9-22-18(23)12-27-19(24)16-11-13(20)3-8-17(16)21/h3-8,11H,2,9-10,12H2,1H3,(H,22,23). The molecule has 0 aliphatic rings. The predicted molar refractivity (Wildman–Crippen MR) is 103 cm³/mol. The summed E-state index contributed by atoms with van der Waals surface area (Å²) in [6.45, 7) is 2.62. The number of carbonyl (C=O) groups is 2. The van der Waals surface area contributed by atoms with Gasteiger partial charge in [-0.3, -0.25) is 4.79 Å². The Morgan fingerprint density at radius 3 is 2.33 bits per heavy atom. The van der Waals surface area contributed by atoms with E-state index in [2.05, 4.69) is 5.32 Å². The van der Waals surface area contributed by atoms with Crippen LogP contribution in [-0.4, -0.2) is 38.2 Å². The van der Waals surface area contributed by atoms with Gasteiger partial charge in [-0.15, -0.1) is 0 Å². The van der Waals surface area contributed by atoms with Crippen molar-refractivity contribution < 1.29 is 23.8 Å². The summed E-state index contributed by atoms with van der Waals surface area (Å²) in [5.41, 5.74) is 0.107. The van der Waals surface area contributed by atoms with Crippen molar-refractivity contribution in [3.8, 4) is 11.5 Å². The van der Waals surface area contributed by atoms with Crippen molar-refractivity contribution in [1.29, 1.82) is 0 Å². The monoisotopic (exact) mass is 411 g/mol. The fourth-order valence-corrected chi connectivity index (χ4v) is 2.44. The molecular weight excluding hydrogens is 393 g/mol. The Hall–Kier alpha value is -2.44. The Labute approximate surface area is 167 Å². The number of ether oxygens (including phenoxy) is 3. The number of carbonyl (C=O) groups excluding carboxylic acids is 2. The van der Waals surface area contributed by atoms with Crippen molar-refractivity contribution in [2.45, 2.75) is 6.92 Å². The Balaban J connectivity index is 1.67. The molecule has 0 spiro atoms. The number of nitrogens with one attached hydrogen (secondary N) is 1. The summed E-state index contributed by atoms with van der Waals surface area (Å²) >= 11 is 11.7. The summed E-state index contributed by atoms with van der Waals surface area (Å²) in [6, 6.07) is 11.6. The van der Waals surface area contributed by atoms with E-state index in [9.17, 15) is 9.59 Å². The minimum Gasteiger partial charge on any atom is -0.494 e. The summed E-state index contributed by atoms with van der Waals surface area (Å²) in [5.74, 6) is 0.259. The van der Waals surface area contributed by atoms with E-state index in [4.69, 9.17) is 37.4 Å². The first-order valence-corrected chi connectivity index (χ1v) is 8.99. The van der Waals surface area contributed by atoms with E-state index in [1.165, 1.54) is 12.1 Å². The molecule has 0 aliphatic carbocycles. The molecule has 0 atom stereocenters. The second-order valence-electron chi connectivity index (χ2n) is 5.30. The van der Waals surface area contributed by atoms with Crippen molar-refractivity contribution in [3.05, 3.63) is 58.1 Å². The van der Waals surface area contributed by atoms with Gasteiger partial charge in [0.05, 0.1) is 23.7 Å². The molecule has 0 unspecified atom stereocenters. The van der Waals surface area contributed by atoms with Crippen LogP contribution < -0.4 is 14.8 Å². The molecule has 144 valence electrons. The maximum atomic E-state index is 11.9. The molecule has 6 nitrogen and oxygen atoms in total. The van der Waals surface area contributed by atoms with E-state index >= 15 is 0 Å². The van der Waals surface area contributed by atoms with Crippen LogP contribution in [0.4, 0.5) is 0 Å². The Bertz CT molecular complexity index is 780. The van der Waals surface area contributed by atoms with Crippen molar-refractivity contribution in [2.75, 3.05) is 26.4 Å². The second-order valence-corrected chi connectivity index (χ2v) is 6.15. The van der Waals surface area contributed by atoms with Crippen LogP contribution in [0.1, 0.15) is 17.3 Å². The van der Waals surface area contributed by atoms with E-state index in [-0.39, 0.29) is 23.7 Å². The number of esters is 1. The number of benzene rings is 2. The van der Waals surface area contributed by atoms with E-state index in [0.717, 1.165) is 5.75 Å². The second kappa shape index (κ2) is 10.6. The number of hydrogen-bond donors (Lipinski definition) is 1. The quantitative estimate of drug-likeness (QED) is 0.502. The molecule has 0 fully saturated rings. The first-order chi connectivity index (χ1) is 13.0. The fourth-order valence-electron chi connectivity index (χ4n) is 2.07. The van der Waals surface area contributed by atoms with Crippen molar-refractivity contribution in [2.24, 2.45) is 0 Å². The summed E-state index contributed by atoms with van der Waals surface area (Å²) < 4.78 is 15.8. The third-order valence-electron chi connectivity index (χ3n) is 3.31. The Kier molecular flexibility index (Phi) is 8.23. The van der Waals surface area contributed by atoms with Crippen LogP contribution in [0, 0.1) is 0 Å². The average molecular weight is 412 g/mol. The molecule has 2 aromatic rings. The van der Waals surface area contributed by atoms with Crippen LogP contribution in [0.3, 0.4) is 0 Å². The third-order valence-corrected chi connectivity index (χ3v) is 3.88. The van der Waals surface area contributed by atoms with Gasteiger partial charge in [0.2, 0.25) is 0 Å². The first kappa shape index (κ1) is 20.9. The predicted octanol–water partition coefficient (Wildman–Crippen LogP) is 3.74. The third kappa shape index (κ3) is 7.00. The summed E-state index contributed by atoms with van der Waals surface area (Å²) in [6.07, 6.45) is 0. The SMILES string of the molecule is CCOc1ccc(OCCNC(=O)COC(=O)c2cc(Cl)ccc2Cl)cc1. The maximum absolute atomic E-state index is 11.9. The number of amides is 1. The number of hydrogen-bond acceptors (Lipinski definition) is 5. The lowest BCUT2D eigenvalue weighted by Crippen LogP contribution is -2.32. The number of halogens is 2. The molecule has 1 N–H and O–H groups in total. The van der Waals surface area contributed by atoms with Gasteiger partial charge in [0.1, 0.15) is 18.1 Å². The highest BCUT2D eigenvalue weighted by molar-refractivity contribution is 6.35. The first-order valence-electron chi connectivity index (χ1n) is 8.24. The molecule has 0 bridgehead atoms. The molecule has 8 heteroatoms. The highest BCUT2D eigenvalue weighted by Gasteiger charge is 2.14. The van der Waals surface area contributed by atoms with Gasteiger partial charge in [-0.05, 0) is 49.4 Å². The zero-order valence-electron chi connectivity index (χ0n) is 14.7. The normalized spacial score (nSPS) is 10.2. The van der Waals surface area contributed by atoms with Crippen LogP contribution >= 0.6 is 23.2 Å². The molecule has 0 aliphatic heterocycles. The Morgan fingerprint density at radius 2 is 1.67 bits per heavy atom. The van der Waals surface area contributed by atoms with Gasteiger partial charge in [0.15, 0.2) is 6.61 Å². The fraction of sp³-hybridized carbons (Fsp3) is 0.263. The zero-order chi connectivity index (χ0) is 19.6. The molecular formula is C19H19Cl2NO5. The van der Waals surface area contributed by atoms with E-state index in [0.29, 0.717) is 17.4 Å². The average Bonchev–Trinajstić information content (AvgIpc) is 2.66. The van der Waals surface area contributed by atoms with Gasteiger partial charge in [0, 0.05) is 5.02 Å². The summed E-state index contributed by atoms with van der Waals surface area (Å²) in [4.78, 5) is 23.7. The molecule has 0 aromatic heterocycles. The highest BCUT2D eigenvalue weighted by atomic mass is 35.5. The highest BCUT2D eigenvalue weighted by Crippen LogP contribution is 2.21. The van der Waals surface area contributed by atoms with Crippen LogP contribution in [0.25, 0.3) is 0 Å². The van der Waals surface area contributed by atoms with Gasteiger partial charge in [-0.1, -0.05) is 23.2 Å². The van der Waals surface area contributed by atoms with Gasteiger partial charge in [-0.2, -0.15) is 0 Å². The molecule has 2 aromatic carbocycles. The Morgan fingerprint density at radius 1 is 1.00 bits per heavy atom. The van der Waals surface area contributed by atoms with Crippen LogP contribution in [0.5, 0.6) is 11.5 Å².